The number of anilines is 1. The van der Waals surface area contributed by atoms with Crippen LogP contribution in [0.15, 0.2) is 24.4 Å². The highest BCUT2D eigenvalue weighted by Crippen LogP contribution is 2.40. The third kappa shape index (κ3) is 2.60. The van der Waals surface area contributed by atoms with E-state index in [-0.39, 0.29) is 0 Å². The standard InChI is InChI=1S/C15H23N3/c1-12(14-7-8-14)18-15(9-10-17-18)16-11-13-5-3-2-4-6-13/h2-3,9-10,12-14,16H,4-8,11H2,1H3/t12-,13-/m1/s1. The van der Waals surface area contributed by atoms with E-state index in [2.05, 4.69) is 40.2 Å². The van der Waals surface area contributed by atoms with E-state index in [1.807, 2.05) is 6.20 Å². The van der Waals surface area contributed by atoms with Gasteiger partial charge in [-0.05, 0) is 50.9 Å². The van der Waals surface area contributed by atoms with Crippen LogP contribution in [0.1, 0.15) is 45.1 Å². The molecule has 1 heterocycles. The summed E-state index contributed by atoms with van der Waals surface area (Å²) in [5.74, 6) is 2.83. The molecule has 0 aliphatic heterocycles. The van der Waals surface area contributed by atoms with Gasteiger partial charge in [-0.25, -0.2) is 4.68 Å². The van der Waals surface area contributed by atoms with Gasteiger partial charge in [-0.3, -0.25) is 0 Å². The molecular formula is C15H23N3. The van der Waals surface area contributed by atoms with Gasteiger partial charge >= 0.3 is 0 Å². The lowest BCUT2D eigenvalue weighted by molar-refractivity contribution is 0.440. The first-order chi connectivity index (χ1) is 8.84. The van der Waals surface area contributed by atoms with E-state index in [0.717, 1.165) is 18.4 Å². The zero-order valence-corrected chi connectivity index (χ0v) is 11.2. The van der Waals surface area contributed by atoms with Crippen molar-refractivity contribution in [3.8, 4) is 0 Å². The van der Waals surface area contributed by atoms with Gasteiger partial charge in [0.2, 0.25) is 0 Å². The average Bonchev–Trinajstić information content (AvgIpc) is 3.15. The number of hydrogen-bond donors (Lipinski definition) is 1. The molecular weight excluding hydrogens is 222 g/mol. The van der Waals surface area contributed by atoms with Crippen LogP contribution in [0.5, 0.6) is 0 Å². The summed E-state index contributed by atoms with van der Waals surface area (Å²) < 4.78 is 2.18. The Morgan fingerprint density at radius 3 is 3.00 bits per heavy atom. The predicted octanol–water partition coefficient (Wildman–Crippen LogP) is 3.62. The molecule has 1 aromatic heterocycles. The number of allylic oxidation sites excluding steroid dienone is 2. The maximum Gasteiger partial charge on any atom is 0.124 e. The van der Waals surface area contributed by atoms with Gasteiger partial charge in [0.25, 0.3) is 0 Å². The Hall–Kier alpha value is -1.25. The van der Waals surface area contributed by atoms with Crippen LogP contribution in [0.2, 0.25) is 0 Å². The molecule has 0 unspecified atom stereocenters. The van der Waals surface area contributed by atoms with E-state index in [0.29, 0.717) is 6.04 Å². The topological polar surface area (TPSA) is 29.9 Å². The molecule has 0 amide bonds. The molecule has 0 radical (unpaired) electrons. The zero-order valence-electron chi connectivity index (χ0n) is 11.2. The van der Waals surface area contributed by atoms with Gasteiger partial charge in [0.15, 0.2) is 0 Å². The van der Waals surface area contributed by atoms with Gasteiger partial charge in [0.05, 0.1) is 12.2 Å². The van der Waals surface area contributed by atoms with Crippen LogP contribution in [0.3, 0.4) is 0 Å². The van der Waals surface area contributed by atoms with Crippen LogP contribution in [-0.2, 0) is 0 Å². The Balaban J connectivity index is 1.58. The van der Waals surface area contributed by atoms with Gasteiger partial charge in [0.1, 0.15) is 5.82 Å². The van der Waals surface area contributed by atoms with E-state index in [9.17, 15) is 0 Å². The quantitative estimate of drug-likeness (QED) is 0.803. The molecule has 1 aromatic rings. The highest BCUT2D eigenvalue weighted by Gasteiger charge is 2.30. The number of rotatable bonds is 5. The number of nitrogens with zero attached hydrogens (tertiary/aromatic N) is 2. The molecule has 0 saturated heterocycles. The zero-order chi connectivity index (χ0) is 12.4. The van der Waals surface area contributed by atoms with Crippen molar-refractivity contribution in [3.63, 3.8) is 0 Å². The molecule has 3 heteroatoms. The first-order valence-electron chi connectivity index (χ1n) is 7.27. The van der Waals surface area contributed by atoms with Crippen molar-refractivity contribution in [1.29, 1.82) is 0 Å². The van der Waals surface area contributed by atoms with E-state index in [4.69, 9.17) is 0 Å². The van der Waals surface area contributed by atoms with Crippen LogP contribution in [-0.4, -0.2) is 16.3 Å². The fourth-order valence-corrected chi connectivity index (χ4v) is 2.85. The predicted molar refractivity (Wildman–Crippen MR) is 74.6 cm³/mol. The van der Waals surface area contributed by atoms with E-state index in [1.54, 1.807) is 0 Å². The summed E-state index contributed by atoms with van der Waals surface area (Å²) in [6, 6.07) is 2.66. The summed E-state index contributed by atoms with van der Waals surface area (Å²) in [5.41, 5.74) is 0. The number of nitrogens with one attached hydrogen (secondary N) is 1. The summed E-state index contributed by atoms with van der Waals surface area (Å²) in [6.45, 7) is 3.37. The normalized spacial score (nSPS) is 25.1. The molecule has 1 saturated carbocycles. The summed E-state index contributed by atoms with van der Waals surface area (Å²) in [4.78, 5) is 0. The van der Waals surface area contributed by atoms with Gasteiger partial charge in [0, 0.05) is 12.6 Å². The van der Waals surface area contributed by atoms with Crippen LogP contribution in [0.4, 0.5) is 5.82 Å². The van der Waals surface area contributed by atoms with Crippen LogP contribution < -0.4 is 5.32 Å². The largest absolute Gasteiger partial charge is 0.370 e. The van der Waals surface area contributed by atoms with Crippen molar-refractivity contribution in [1.82, 2.24) is 9.78 Å². The van der Waals surface area contributed by atoms with Crippen molar-refractivity contribution in [3.05, 3.63) is 24.4 Å². The third-order valence-corrected chi connectivity index (χ3v) is 4.31. The molecule has 0 spiro atoms. The first kappa shape index (κ1) is 11.8. The molecule has 1 fully saturated rings. The molecule has 98 valence electrons. The van der Waals surface area contributed by atoms with Crippen molar-refractivity contribution in [2.24, 2.45) is 11.8 Å². The van der Waals surface area contributed by atoms with Gasteiger partial charge in [-0.1, -0.05) is 12.2 Å². The Bertz CT molecular complexity index is 417. The average molecular weight is 245 g/mol. The minimum atomic E-state index is 0.550. The number of aromatic nitrogens is 2. The smallest absolute Gasteiger partial charge is 0.124 e. The summed E-state index contributed by atoms with van der Waals surface area (Å²) in [5, 5.41) is 8.07. The second-order valence-electron chi connectivity index (χ2n) is 5.77. The van der Waals surface area contributed by atoms with E-state index < -0.39 is 0 Å². The lowest BCUT2D eigenvalue weighted by atomic mass is 9.94. The fourth-order valence-electron chi connectivity index (χ4n) is 2.85. The van der Waals surface area contributed by atoms with Crippen molar-refractivity contribution in [2.45, 2.75) is 45.1 Å². The van der Waals surface area contributed by atoms with Gasteiger partial charge in [-0.15, -0.1) is 0 Å². The molecule has 2 atom stereocenters. The Morgan fingerprint density at radius 2 is 2.28 bits per heavy atom. The highest BCUT2D eigenvalue weighted by atomic mass is 15.3. The lowest BCUT2D eigenvalue weighted by Crippen LogP contribution is -2.19. The third-order valence-electron chi connectivity index (χ3n) is 4.31. The maximum atomic E-state index is 4.48. The maximum absolute atomic E-state index is 4.48. The lowest BCUT2D eigenvalue weighted by Gasteiger charge is -2.21. The fraction of sp³-hybridized carbons (Fsp3) is 0.667. The van der Waals surface area contributed by atoms with Crippen LogP contribution in [0.25, 0.3) is 0 Å². The van der Waals surface area contributed by atoms with Gasteiger partial charge in [-0.2, -0.15) is 5.10 Å². The van der Waals surface area contributed by atoms with Gasteiger partial charge < -0.3 is 5.32 Å². The summed E-state index contributed by atoms with van der Waals surface area (Å²) in [6.07, 6.45) is 13.1. The molecule has 1 N–H and O–H groups in total. The highest BCUT2D eigenvalue weighted by molar-refractivity contribution is 5.34. The molecule has 2 aliphatic carbocycles. The summed E-state index contributed by atoms with van der Waals surface area (Å²) in [7, 11) is 0. The van der Waals surface area contributed by atoms with E-state index in [1.165, 1.54) is 37.9 Å². The molecule has 2 aliphatic rings. The first-order valence-corrected chi connectivity index (χ1v) is 7.27. The van der Waals surface area contributed by atoms with Crippen LogP contribution >= 0.6 is 0 Å². The number of hydrogen-bond acceptors (Lipinski definition) is 2. The Kier molecular flexibility index (Phi) is 3.39. The molecule has 0 aromatic carbocycles. The summed E-state index contributed by atoms with van der Waals surface area (Å²) >= 11 is 0. The van der Waals surface area contributed by atoms with Crippen molar-refractivity contribution in [2.75, 3.05) is 11.9 Å². The van der Waals surface area contributed by atoms with Crippen LogP contribution in [0, 0.1) is 11.8 Å². The Labute approximate surface area is 109 Å². The second-order valence-corrected chi connectivity index (χ2v) is 5.77. The van der Waals surface area contributed by atoms with E-state index >= 15 is 0 Å². The molecule has 3 nitrogen and oxygen atoms in total. The minimum absolute atomic E-state index is 0.550. The Morgan fingerprint density at radius 1 is 1.39 bits per heavy atom. The second kappa shape index (κ2) is 5.17. The van der Waals surface area contributed by atoms with Crippen molar-refractivity contribution >= 4 is 5.82 Å². The monoisotopic (exact) mass is 245 g/mol. The van der Waals surface area contributed by atoms with Crippen molar-refractivity contribution < 1.29 is 0 Å². The SMILES string of the molecule is C[C@H](C1CC1)n1nccc1NC[C@@H]1CC=CCC1. The molecule has 3 rings (SSSR count). The minimum Gasteiger partial charge on any atom is -0.370 e. The molecule has 18 heavy (non-hydrogen) atoms. The molecule has 0 bridgehead atoms.